The third-order valence-corrected chi connectivity index (χ3v) is 5.69. The van der Waals surface area contributed by atoms with Crippen molar-refractivity contribution < 1.29 is 22.9 Å². The largest absolute Gasteiger partial charge is 0.460 e. The first-order chi connectivity index (χ1) is 12.3. The van der Waals surface area contributed by atoms with E-state index >= 15 is 0 Å². The van der Waals surface area contributed by atoms with Gasteiger partial charge in [0.2, 0.25) is 0 Å². The van der Waals surface area contributed by atoms with E-state index in [9.17, 15) is 23.3 Å². The molecule has 134 valence electrons. The Kier molecular flexibility index (Phi) is 5.69. The second kappa shape index (κ2) is 7.76. The molecule has 0 unspecified atom stereocenters. The Morgan fingerprint density at radius 2 is 1.77 bits per heavy atom. The standard InChI is InChI=1S/C17H14N2O6S/c1-12(17(20)25-11-14-4-2-13(10-18)3-5-14)26(23,24)16-8-6-15(7-9-16)19(21)22/h2-9,12H,11H2,1H3/t12-/m1/s1. The smallest absolute Gasteiger partial charge is 0.324 e. The number of sulfone groups is 1. The van der Waals surface area contributed by atoms with E-state index in [2.05, 4.69) is 0 Å². The zero-order chi connectivity index (χ0) is 19.3. The molecule has 0 aromatic heterocycles. The summed E-state index contributed by atoms with van der Waals surface area (Å²) in [4.78, 5) is 21.9. The lowest BCUT2D eigenvalue weighted by Crippen LogP contribution is -2.29. The second-order valence-electron chi connectivity index (χ2n) is 5.35. The summed E-state index contributed by atoms with van der Waals surface area (Å²) in [5.41, 5.74) is 0.812. The Morgan fingerprint density at radius 3 is 2.27 bits per heavy atom. The van der Waals surface area contributed by atoms with Crippen LogP contribution in [0.5, 0.6) is 0 Å². The Hall–Kier alpha value is -3.25. The van der Waals surface area contributed by atoms with Crippen LogP contribution < -0.4 is 0 Å². The van der Waals surface area contributed by atoms with Gasteiger partial charge in [-0.3, -0.25) is 14.9 Å². The first-order valence-electron chi connectivity index (χ1n) is 7.39. The first kappa shape index (κ1) is 19.1. The van der Waals surface area contributed by atoms with Gasteiger partial charge in [0, 0.05) is 12.1 Å². The van der Waals surface area contributed by atoms with E-state index < -0.39 is 26.0 Å². The summed E-state index contributed by atoms with van der Waals surface area (Å²) in [6.45, 7) is 1.06. The van der Waals surface area contributed by atoms with Gasteiger partial charge in [-0.2, -0.15) is 5.26 Å². The molecule has 8 nitrogen and oxygen atoms in total. The maximum absolute atomic E-state index is 12.4. The molecule has 2 aromatic carbocycles. The quantitative estimate of drug-likeness (QED) is 0.431. The molecule has 0 aliphatic heterocycles. The maximum Gasteiger partial charge on any atom is 0.324 e. The predicted octanol–water partition coefficient (Wildman–Crippen LogP) is 2.37. The number of nitrogens with zero attached hydrogens (tertiary/aromatic N) is 2. The molecule has 0 fully saturated rings. The van der Waals surface area contributed by atoms with Gasteiger partial charge in [-0.25, -0.2) is 8.42 Å². The third kappa shape index (κ3) is 4.23. The minimum atomic E-state index is -4.04. The van der Waals surface area contributed by atoms with Gasteiger partial charge in [0.15, 0.2) is 15.1 Å². The lowest BCUT2D eigenvalue weighted by Gasteiger charge is -2.13. The highest BCUT2D eigenvalue weighted by atomic mass is 32.2. The summed E-state index contributed by atoms with van der Waals surface area (Å²) in [6, 6.07) is 12.5. The fourth-order valence-electron chi connectivity index (χ4n) is 2.04. The van der Waals surface area contributed by atoms with E-state index in [0.29, 0.717) is 11.1 Å². The molecule has 0 saturated heterocycles. The molecule has 0 saturated carbocycles. The normalized spacial score (nSPS) is 12.0. The predicted molar refractivity (Wildman–Crippen MR) is 90.7 cm³/mol. The minimum Gasteiger partial charge on any atom is -0.460 e. The second-order valence-corrected chi connectivity index (χ2v) is 7.62. The van der Waals surface area contributed by atoms with Crippen molar-refractivity contribution in [3.63, 3.8) is 0 Å². The van der Waals surface area contributed by atoms with Crippen LogP contribution in [0.25, 0.3) is 0 Å². The van der Waals surface area contributed by atoms with Crippen LogP contribution in [0.4, 0.5) is 5.69 Å². The summed E-state index contributed by atoms with van der Waals surface area (Å²) in [5.74, 6) is -0.937. The van der Waals surface area contributed by atoms with Gasteiger partial charge in [0.25, 0.3) is 5.69 Å². The molecule has 9 heteroatoms. The van der Waals surface area contributed by atoms with Crippen LogP contribution in [0.3, 0.4) is 0 Å². The van der Waals surface area contributed by atoms with E-state index in [1.165, 1.54) is 6.92 Å². The number of hydrogen-bond donors (Lipinski definition) is 0. The molecule has 0 amide bonds. The maximum atomic E-state index is 12.4. The van der Waals surface area contributed by atoms with Crippen molar-refractivity contribution >= 4 is 21.5 Å². The zero-order valence-corrected chi connectivity index (χ0v) is 14.5. The molecule has 26 heavy (non-hydrogen) atoms. The number of carbonyl (C=O) groups excluding carboxylic acids is 1. The molecule has 0 radical (unpaired) electrons. The number of ether oxygens (including phenoxy) is 1. The van der Waals surface area contributed by atoms with Crippen molar-refractivity contribution in [1.29, 1.82) is 5.26 Å². The number of nitro benzene ring substituents is 1. The summed E-state index contributed by atoms with van der Waals surface area (Å²) in [7, 11) is -4.04. The van der Waals surface area contributed by atoms with Gasteiger partial charge in [-0.1, -0.05) is 12.1 Å². The van der Waals surface area contributed by atoms with Crippen molar-refractivity contribution in [3.05, 3.63) is 69.8 Å². The van der Waals surface area contributed by atoms with E-state index in [0.717, 1.165) is 24.3 Å². The van der Waals surface area contributed by atoms with Gasteiger partial charge >= 0.3 is 5.97 Å². The van der Waals surface area contributed by atoms with Gasteiger partial charge in [0.05, 0.1) is 21.5 Å². The van der Waals surface area contributed by atoms with Crippen LogP contribution in [-0.4, -0.2) is 24.6 Å². The molecule has 0 bridgehead atoms. The topological polar surface area (TPSA) is 127 Å². The number of non-ortho nitro benzene ring substituents is 1. The van der Waals surface area contributed by atoms with Crippen LogP contribution >= 0.6 is 0 Å². The van der Waals surface area contributed by atoms with Crippen molar-refractivity contribution in [3.8, 4) is 6.07 Å². The highest BCUT2D eigenvalue weighted by molar-refractivity contribution is 7.92. The van der Waals surface area contributed by atoms with Crippen LogP contribution in [0, 0.1) is 21.4 Å². The number of carbonyl (C=O) groups is 1. The van der Waals surface area contributed by atoms with Crippen molar-refractivity contribution in [2.24, 2.45) is 0 Å². The van der Waals surface area contributed by atoms with Crippen LogP contribution in [0.15, 0.2) is 53.4 Å². The lowest BCUT2D eigenvalue weighted by atomic mass is 10.2. The van der Waals surface area contributed by atoms with Gasteiger partial charge in [0.1, 0.15) is 6.61 Å². The van der Waals surface area contributed by atoms with Crippen LogP contribution in [0.1, 0.15) is 18.1 Å². The van der Waals surface area contributed by atoms with E-state index in [-0.39, 0.29) is 17.2 Å². The third-order valence-electron chi connectivity index (χ3n) is 3.64. The zero-order valence-electron chi connectivity index (χ0n) is 13.7. The molecule has 0 spiro atoms. The highest BCUT2D eigenvalue weighted by Crippen LogP contribution is 2.21. The lowest BCUT2D eigenvalue weighted by molar-refractivity contribution is -0.384. The summed E-state index contributed by atoms with van der Waals surface area (Å²) in [6.07, 6.45) is 0. The number of esters is 1. The molecule has 1 atom stereocenters. The molecular formula is C17H14N2O6S. The summed E-state index contributed by atoms with van der Waals surface area (Å²) >= 11 is 0. The number of rotatable bonds is 6. The van der Waals surface area contributed by atoms with Gasteiger partial charge in [-0.15, -0.1) is 0 Å². The number of nitriles is 1. The fraction of sp³-hybridized carbons (Fsp3) is 0.176. The Labute approximate surface area is 149 Å². The highest BCUT2D eigenvalue weighted by Gasteiger charge is 2.31. The van der Waals surface area contributed by atoms with Gasteiger partial charge in [-0.05, 0) is 36.8 Å². The van der Waals surface area contributed by atoms with Crippen molar-refractivity contribution in [2.45, 2.75) is 23.7 Å². The Balaban J connectivity index is 2.07. The number of benzene rings is 2. The molecule has 0 aliphatic rings. The molecule has 0 heterocycles. The van der Waals surface area contributed by atoms with Crippen LogP contribution in [0.2, 0.25) is 0 Å². The molecule has 0 aliphatic carbocycles. The monoisotopic (exact) mass is 374 g/mol. The molecule has 0 N–H and O–H groups in total. The molecule has 2 rings (SSSR count). The summed E-state index contributed by atoms with van der Waals surface area (Å²) < 4.78 is 29.9. The first-order valence-corrected chi connectivity index (χ1v) is 8.94. The number of hydrogen-bond acceptors (Lipinski definition) is 7. The van der Waals surface area contributed by atoms with Gasteiger partial charge < -0.3 is 4.74 Å². The Morgan fingerprint density at radius 1 is 1.19 bits per heavy atom. The van der Waals surface area contributed by atoms with E-state index in [1.807, 2.05) is 6.07 Å². The van der Waals surface area contributed by atoms with Crippen molar-refractivity contribution in [1.82, 2.24) is 0 Å². The Bertz CT molecular complexity index is 960. The van der Waals surface area contributed by atoms with E-state index in [1.54, 1.807) is 24.3 Å². The molecular weight excluding hydrogens is 360 g/mol. The molecule has 2 aromatic rings. The minimum absolute atomic E-state index is 0.134. The average molecular weight is 374 g/mol. The number of nitro groups is 1. The fourth-order valence-corrected chi connectivity index (χ4v) is 3.28. The SMILES string of the molecule is C[C@H](C(=O)OCc1ccc(C#N)cc1)S(=O)(=O)c1ccc([N+](=O)[O-])cc1. The van der Waals surface area contributed by atoms with E-state index in [4.69, 9.17) is 10.00 Å². The van der Waals surface area contributed by atoms with Crippen molar-refractivity contribution in [2.75, 3.05) is 0 Å². The summed E-state index contributed by atoms with van der Waals surface area (Å²) in [5, 5.41) is 17.9. The average Bonchev–Trinajstić information content (AvgIpc) is 2.65. The van der Waals surface area contributed by atoms with Crippen LogP contribution in [-0.2, 0) is 26.0 Å².